The van der Waals surface area contributed by atoms with Crippen molar-refractivity contribution in [2.75, 3.05) is 5.32 Å². The lowest BCUT2D eigenvalue weighted by molar-refractivity contribution is 0.767. The van der Waals surface area contributed by atoms with Gasteiger partial charge in [-0.3, -0.25) is 9.08 Å². The Labute approximate surface area is 180 Å². The molecule has 0 radical (unpaired) electrons. The van der Waals surface area contributed by atoms with E-state index in [1.807, 2.05) is 48.5 Å². The summed E-state index contributed by atoms with van der Waals surface area (Å²) in [4.78, 5) is 13.7. The van der Waals surface area contributed by atoms with Crippen LogP contribution < -0.4 is 5.32 Å². The fraction of sp³-hybridized carbons (Fsp3) is 0.217. The maximum absolute atomic E-state index is 4.89. The Kier molecular flexibility index (Phi) is 4.95. The number of anilines is 2. The summed E-state index contributed by atoms with van der Waals surface area (Å²) in [6, 6.07) is 8.18. The second-order valence-corrected chi connectivity index (χ2v) is 7.57. The average molecular weight is 413 g/mol. The number of nitrogens with zero attached hydrogens (tertiary/aromatic N) is 7. The minimum atomic E-state index is 0.749. The van der Waals surface area contributed by atoms with Crippen LogP contribution in [0, 0.1) is 0 Å². The summed E-state index contributed by atoms with van der Waals surface area (Å²) in [6.45, 7) is 2.19. The number of aryl methyl sites for hydroxylation is 2. The lowest BCUT2D eigenvalue weighted by atomic mass is 10.2. The molecule has 4 aromatic heterocycles. The van der Waals surface area contributed by atoms with E-state index in [0.29, 0.717) is 0 Å². The van der Waals surface area contributed by atoms with Gasteiger partial charge >= 0.3 is 0 Å². The molecular weight excluding hydrogens is 388 g/mol. The van der Waals surface area contributed by atoms with Crippen LogP contribution >= 0.6 is 0 Å². The Morgan fingerprint density at radius 3 is 2.65 bits per heavy atom. The fourth-order valence-corrected chi connectivity index (χ4v) is 3.63. The van der Waals surface area contributed by atoms with Gasteiger partial charge in [-0.1, -0.05) is 13.3 Å². The molecular formula is C23H24N8. The van der Waals surface area contributed by atoms with E-state index in [4.69, 9.17) is 4.98 Å². The molecule has 0 atom stereocenters. The second-order valence-electron chi connectivity index (χ2n) is 7.57. The minimum Gasteiger partial charge on any atom is -0.337 e. The van der Waals surface area contributed by atoms with Crippen LogP contribution in [0.1, 0.15) is 25.5 Å². The van der Waals surface area contributed by atoms with Crippen LogP contribution in [0.4, 0.5) is 11.5 Å². The van der Waals surface area contributed by atoms with Crippen LogP contribution in [-0.4, -0.2) is 33.7 Å². The lowest BCUT2D eigenvalue weighted by Gasteiger charge is -2.11. The highest BCUT2D eigenvalue weighted by Crippen LogP contribution is 2.26. The van der Waals surface area contributed by atoms with E-state index < -0.39 is 0 Å². The predicted molar refractivity (Wildman–Crippen MR) is 121 cm³/mol. The summed E-state index contributed by atoms with van der Waals surface area (Å²) in [7, 11) is 1.92. The van der Waals surface area contributed by atoms with Crippen LogP contribution in [0.2, 0.25) is 0 Å². The summed E-state index contributed by atoms with van der Waals surface area (Å²) < 4.78 is 5.88. The highest BCUT2D eigenvalue weighted by molar-refractivity contribution is 5.74. The summed E-state index contributed by atoms with van der Waals surface area (Å²) in [5.41, 5.74) is 5.86. The van der Waals surface area contributed by atoms with Crippen molar-refractivity contribution in [3.05, 3.63) is 73.5 Å². The molecule has 4 heterocycles. The number of benzene rings is 1. The number of hydrogen-bond acceptors (Lipinski definition) is 5. The topological polar surface area (TPSA) is 77.9 Å². The van der Waals surface area contributed by atoms with Gasteiger partial charge in [-0.25, -0.2) is 15.0 Å². The van der Waals surface area contributed by atoms with E-state index in [1.165, 1.54) is 0 Å². The first-order valence-corrected chi connectivity index (χ1v) is 10.4. The number of fused-ring (bicyclic) bond motifs is 1. The van der Waals surface area contributed by atoms with Gasteiger partial charge in [0.05, 0.1) is 30.1 Å². The monoisotopic (exact) mass is 412 g/mol. The molecule has 0 amide bonds. The van der Waals surface area contributed by atoms with E-state index in [-0.39, 0.29) is 0 Å². The zero-order chi connectivity index (χ0) is 21.2. The second kappa shape index (κ2) is 8.06. The molecule has 5 aromatic rings. The molecule has 156 valence electrons. The van der Waals surface area contributed by atoms with Gasteiger partial charge in [0.15, 0.2) is 11.5 Å². The molecule has 0 saturated heterocycles. The van der Waals surface area contributed by atoms with Gasteiger partial charge in [0.1, 0.15) is 0 Å². The maximum atomic E-state index is 4.89. The van der Waals surface area contributed by atoms with Gasteiger partial charge in [0.25, 0.3) is 0 Å². The zero-order valence-electron chi connectivity index (χ0n) is 17.6. The number of nitrogens with one attached hydrogen (secondary N) is 1. The van der Waals surface area contributed by atoms with Crippen LogP contribution in [0.3, 0.4) is 0 Å². The van der Waals surface area contributed by atoms with Crippen molar-refractivity contribution in [3.8, 4) is 16.9 Å². The average Bonchev–Trinajstić information content (AvgIpc) is 3.53. The first-order valence-electron chi connectivity index (χ1n) is 10.4. The van der Waals surface area contributed by atoms with Crippen molar-refractivity contribution in [1.29, 1.82) is 0 Å². The molecule has 31 heavy (non-hydrogen) atoms. The molecule has 8 nitrogen and oxygen atoms in total. The molecule has 0 aliphatic carbocycles. The van der Waals surface area contributed by atoms with Crippen molar-refractivity contribution in [3.63, 3.8) is 0 Å². The SMILES string of the molecule is CCCCc1cn2c(-c3cnn(C)c3)cnc2c(Nc2ccc(-n3ccnc3)cc2)n1. The largest absolute Gasteiger partial charge is 0.337 e. The summed E-state index contributed by atoms with van der Waals surface area (Å²) in [6.07, 6.45) is 16.4. The molecule has 0 aliphatic rings. The Bertz CT molecular complexity index is 1300. The normalized spacial score (nSPS) is 11.3. The third kappa shape index (κ3) is 3.79. The van der Waals surface area contributed by atoms with E-state index in [9.17, 15) is 0 Å². The molecule has 0 aliphatic heterocycles. The van der Waals surface area contributed by atoms with Crippen LogP contribution in [0.25, 0.3) is 22.6 Å². The van der Waals surface area contributed by atoms with Crippen molar-refractivity contribution in [1.82, 2.24) is 33.7 Å². The van der Waals surface area contributed by atoms with E-state index in [1.54, 1.807) is 17.2 Å². The first kappa shape index (κ1) is 19.0. The first-order chi connectivity index (χ1) is 15.2. The number of imidazole rings is 2. The third-order valence-corrected chi connectivity index (χ3v) is 5.26. The molecule has 0 spiro atoms. The molecule has 1 N–H and O–H groups in total. The summed E-state index contributed by atoms with van der Waals surface area (Å²) in [5.74, 6) is 0.749. The Hall–Kier alpha value is -3.94. The van der Waals surface area contributed by atoms with Gasteiger partial charge < -0.3 is 9.88 Å². The number of aromatic nitrogens is 7. The Morgan fingerprint density at radius 2 is 1.94 bits per heavy atom. The zero-order valence-corrected chi connectivity index (χ0v) is 17.6. The molecule has 0 unspecified atom stereocenters. The Morgan fingerprint density at radius 1 is 1.06 bits per heavy atom. The van der Waals surface area contributed by atoms with E-state index >= 15 is 0 Å². The van der Waals surface area contributed by atoms with E-state index in [2.05, 4.69) is 50.0 Å². The molecule has 0 fully saturated rings. The lowest BCUT2D eigenvalue weighted by Crippen LogP contribution is -2.03. The van der Waals surface area contributed by atoms with Crippen LogP contribution in [0.15, 0.2) is 67.8 Å². The summed E-state index contributed by atoms with van der Waals surface area (Å²) in [5, 5.41) is 7.77. The van der Waals surface area contributed by atoms with Crippen molar-refractivity contribution in [2.45, 2.75) is 26.2 Å². The minimum absolute atomic E-state index is 0.749. The van der Waals surface area contributed by atoms with Crippen LogP contribution in [-0.2, 0) is 13.5 Å². The van der Waals surface area contributed by atoms with Crippen LogP contribution in [0.5, 0.6) is 0 Å². The highest BCUT2D eigenvalue weighted by Gasteiger charge is 2.14. The summed E-state index contributed by atoms with van der Waals surface area (Å²) >= 11 is 0. The van der Waals surface area contributed by atoms with Crippen molar-refractivity contribution in [2.24, 2.45) is 7.05 Å². The number of unbranched alkanes of at least 4 members (excludes halogenated alkanes) is 1. The molecule has 8 heteroatoms. The smallest absolute Gasteiger partial charge is 0.180 e. The number of rotatable bonds is 7. The quantitative estimate of drug-likeness (QED) is 0.429. The van der Waals surface area contributed by atoms with Gasteiger partial charge in [-0.2, -0.15) is 5.10 Å². The Balaban J connectivity index is 1.53. The highest BCUT2D eigenvalue weighted by atomic mass is 15.2. The maximum Gasteiger partial charge on any atom is 0.180 e. The molecule has 1 aromatic carbocycles. The third-order valence-electron chi connectivity index (χ3n) is 5.26. The van der Waals surface area contributed by atoms with E-state index in [0.717, 1.165) is 59.1 Å². The standard InChI is InChI=1S/C23H24N8/c1-3-4-5-19-15-31-21(17-12-26-29(2)14-17)13-25-23(31)22(28-19)27-18-6-8-20(9-7-18)30-11-10-24-16-30/h6-16H,3-5H2,1-2H3,(H,27,28). The fourth-order valence-electron chi connectivity index (χ4n) is 3.63. The molecule has 5 rings (SSSR count). The van der Waals surface area contributed by atoms with Gasteiger partial charge in [0.2, 0.25) is 0 Å². The van der Waals surface area contributed by atoms with Crippen molar-refractivity contribution >= 4 is 17.2 Å². The molecule has 0 bridgehead atoms. The van der Waals surface area contributed by atoms with Gasteiger partial charge in [-0.05, 0) is 37.1 Å². The number of hydrogen-bond donors (Lipinski definition) is 1. The molecule has 0 saturated carbocycles. The van der Waals surface area contributed by atoms with Gasteiger partial charge in [-0.15, -0.1) is 0 Å². The predicted octanol–water partition coefficient (Wildman–Crippen LogP) is 4.40. The van der Waals surface area contributed by atoms with Crippen molar-refractivity contribution < 1.29 is 0 Å². The van der Waals surface area contributed by atoms with Gasteiger partial charge in [0, 0.05) is 48.8 Å².